The molecule has 0 spiro atoms. The molecular weight excluding hydrogens is 260 g/mol. The molecule has 1 N–H and O–H groups in total. The molecule has 0 amide bonds. The molecule has 0 fully saturated rings. The Labute approximate surface area is 107 Å². The summed E-state index contributed by atoms with van der Waals surface area (Å²) in [6, 6.07) is 6.22. The van der Waals surface area contributed by atoms with Crippen molar-refractivity contribution in [3.8, 4) is 0 Å². The average Bonchev–Trinajstić information content (AvgIpc) is 1.85. The number of aryl methyl sites for hydroxylation is 2. The fraction of sp³-hybridized carbons (Fsp3) is 0.222. The SMILES string of the molecule is Cc1[c-]c(C)cc(C(=O)O)c1.P.[Y]. The number of carbonyl (C=O) groups is 1. The minimum absolute atomic E-state index is 0. The number of rotatable bonds is 1. The van der Waals surface area contributed by atoms with E-state index >= 15 is 0 Å². The van der Waals surface area contributed by atoms with E-state index in [0.29, 0.717) is 5.56 Å². The molecule has 0 bridgehead atoms. The van der Waals surface area contributed by atoms with Gasteiger partial charge in [0.2, 0.25) is 0 Å². The first kappa shape index (κ1) is 15.7. The summed E-state index contributed by atoms with van der Waals surface area (Å²) in [5.41, 5.74) is 2.06. The van der Waals surface area contributed by atoms with E-state index in [1.54, 1.807) is 12.1 Å². The Bertz CT molecular complexity index is 279. The summed E-state index contributed by atoms with van der Waals surface area (Å²) >= 11 is 0. The van der Waals surface area contributed by atoms with Crippen molar-refractivity contribution in [2.45, 2.75) is 13.8 Å². The first-order valence-electron chi connectivity index (χ1n) is 3.33. The molecule has 69 valence electrons. The Morgan fingerprint density at radius 1 is 1.31 bits per heavy atom. The largest absolute Gasteiger partial charge is 0.479 e. The van der Waals surface area contributed by atoms with E-state index in [9.17, 15) is 4.79 Å². The van der Waals surface area contributed by atoms with Crippen LogP contribution < -0.4 is 0 Å². The van der Waals surface area contributed by atoms with Crippen molar-refractivity contribution in [1.82, 2.24) is 0 Å². The van der Waals surface area contributed by atoms with Gasteiger partial charge in [0.25, 0.3) is 0 Å². The van der Waals surface area contributed by atoms with Crippen molar-refractivity contribution < 1.29 is 42.6 Å². The zero-order valence-electron chi connectivity index (χ0n) is 7.79. The molecule has 0 aliphatic heterocycles. The summed E-state index contributed by atoms with van der Waals surface area (Å²) in [5, 5.41) is 8.62. The van der Waals surface area contributed by atoms with E-state index in [2.05, 4.69) is 6.07 Å². The van der Waals surface area contributed by atoms with Crippen molar-refractivity contribution in [3.63, 3.8) is 0 Å². The first-order chi connectivity index (χ1) is 5.09. The molecule has 1 aromatic rings. The summed E-state index contributed by atoms with van der Waals surface area (Å²) in [6.45, 7) is 3.67. The van der Waals surface area contributed by atoms with Gasteiger partial charge in [-0.3, -0.25) is 0 Å². The Balaban J connectivity index is 0. The second-order valence-corrected chi connectivity index (χ2v) is 2.54. The molecule has 0 aliphatic rings. The van der Waals surface area contributed by atoms with E-state index < -0.39 is 5.97 Å². The summed E-state index contributed by atoms with van der Waals surface area (Å²) < 4.78 is 0. The molecule has 1 radical (unpaired) electrons. The fourth-order valence-corrected chi connectivity index (χ4v) is 1.01. The van der Waals surface area contributed by atoms with Crippen molar-refractivity contribution in [3.05, 3.63) is 34.9 Å². The summed E-state index contributed by atoms with van der Waals surface area (Å²) in [5.74, 6) is -0.884. The topological polar surface area (TPSA) is 37.3 Å². The van der Waals surface area contributed by atoms with Gasteiger partial charge in [0.05, 0.1) is 0 Å². The van der Waals surface area contributed by atoms with Gasteiger partial charge in [-0.05, 0) is 5.56 Å². The van der Waals surface area contributed by atoms with Crippen LogP contribution in [0.15, 0.2) is 12.1 Å². The maximum atomic E-state index is 10.5. The van der Waals surface area contributed by atoms with E-state index in [0.717, 1.165) is 11.1 Å². The number of carboxylic acids is 1. The Morgan fingerprint density at radius 2 is 1.69 bits per heavy atom. The monoisotopic (exact) mass is 272 g/mol. The quantitative estimate of drug-likeness (QED) is 0.626. The zero-order valence-corrected chi connectivity index (χ0v) is 12.0. The molecule has 0 saturated carbocycles. The van der Waals surface area contributed by atoms with Crippen LogP contribution in [0.1, 0.15) is 21.5 Å². The van der Waals surface area contributed by atoms with Gasteiger partial charge in [-0.1, -0.05) is 13.8 Å². The molecule has 2 nitrogen and oxygen atoms in total. The van der Waals surface area contributed by atoms with Crippen LogP contribution in [0.2, 0.25) is 0 Å². The summed E-state index contributed by atoms with van der Waals surface area (Å²) in [6.07, 6.45) is 0. The second-order valence-electron chi connectivity index (χ2n) is 2.54. The summed E-state index contributed by atoms with van der Waals surface area (Å²) in [4.78, 5) is 10.5. The molecule has 4 heteroatoms. The van der Waals surface area contributed by atoms with Crippen molar-refractivity contribution in [1.29, 1.82) is 0 Å². The molecule has 0 saturated heterocycles. The molecule has 0 aliphatic carbocycles. The normalized spacial score (nSPS) is 8.15. The van der Waals surface area contributed by atoms with Crippen LogP contribution in [0, 0.1) is 19.9 Å². The van der Waals surface area contributed by atoms with Gasteiger partial charge in [-0.15, -0.1) is 0 Å². The Morgan fingerprint density at radius 3 is 2.00 bits per heavy atom. The van der Waals surface area contributed by atoms with Gasteiger partial charge in [-0.25, -0.2) is 4.79 Å². The number of carboxylic acid groups (broad SMARTS) is 1. The van der Waals surface area contributed by atoms with Crippen molar-refractivity contribution in [2.75, 3.05) is 0 Å². The molecular formula is C9H12O2PY-. The maximum absolute atomic E-state index is 10.5. The van der Waals surface area contributed by atoms with Gasteiger partial charge in [0.1, 0.15) is 0 Å². The molecule has 1 unspecified atom stereocenters. The molecule has 0 heterocycles. The van der Waals surface area contributed by atoms with Gasteiger partial charge < -0.3 is 5.11 Å². The smallest absolute Gasteiger partial charge is 0.311 e. The number of benzene rings is 1. The molecule has 1 aromatic carbocycles. The minimum atomic E-state index is -0.884. The van der Waals surface area contributed by atoms with Crippen molar-refractivity contribution >= 4 is 15.9 Å². The predicted molar refractivity (Wildman–Crippen MR) is 52.8 cm³/mol. The minimum Gasteiger partial charge on any atom is -0.479 e. The third kappa shape index (κ3) is 4.85. The van der Waals surface area contributed by atoms with Crippen LogP contribution in [0.5, 0.6) is 0 Å². The molecule has 1 atom stereocenters. The van der Waals surface area contributed by atoms with Crippen LogP contribution in [0.4, 0.5) is 0 Å². The van der Waals surface area contributed by atoms with Gasteiger partial charge in [-0.2, -0.15) is 39.2 Å². The van der Waals surface area contributed by atoms with E-state index in [4.69, 9.17) is 5.11 Å². The number of hydrogen-bond acceptors (Lipinski definition) is 1. The fourth-order valence-electron chi connectivity index (χ4n) is 1.01. The maximum Gasteiger partial charge on any atom is 0.311 e. The Kier molecular flexibility index (Phi) is 8.02. The van der Waals surface area contributed by atoms with Gasteiger partial charge in [0, 0.05) is 32.7 Å². The van der Waals surface area contributed by atoms with Crippen LogP contribution >= 0.6 is 9.90 Å². The average molecular weight is 272 g/mol. The predicted octanol–water partition coefficient (Wildman–Crippen LogP) is 1.86. The molecule has 13 heavy (non-hydrogen) atoms. The van der Waals surface area contributed by atoms with Gasteiger partial charge in [0.15, 0.2) is 0 Å². The summed E-state index contributed by atoms with van der Waals surface area (Å²) in [7, 11) is 0. The third-order valence-electron chi connectivity index (χ3n) is 1.39. The van der Waals surface area contributed by atoms with Crippen LogP contribution in [-0.4, -0.2) is 11.1 Å². The van der Waals surface area contributed by atoms with E-state index in [1.165, 1.54) is 0 Å². The number of aromatic carboxylic acids is 1. The van der Waals surface area contributed by atoms with Crippen LogP contribution in [-0.2, 0) is 32.7 Å². The van der Waals surface area contributed by atoms with E-state index in [1.807, 2.05) is 13.8 Å². The van der Waals surface area contributed by atoms with Crippen molar-refractivity contribution in [2.24, 2.45) is 0 Å². The van der Waals surface area contributed by atoms with Crippen LogP contribution in [0.25, 0.3) is 0 Å². The van der Waals surface area contributed by atoms with Gasteiger partial charge >= 0.3 is 5.97 Å². The third-order valence-corrected chi connectivity index (χ3v) is 1.39. The van der Waals surface area contributed by atoms with E-state index in [-0.39, 0.29) is 42.6 Å². The first-order valence-corrected chi connectivity index (χ1v) is 3.33. The Hall–Kier alpha value is 0.224. The second kappa shape index (κ2) is 6.64. The standard InChI is InChI=1S/C9H9O2.H3P.Y/c1-6-3-7(2)5-8(4-6)9(10)11;;/h4-5H,1-2H3,(H,10,11);1H3;/q-1;;. The van der Waals surface area contributed by atoms with Crippen LogP contribution in [0.3, 0.4) is 0 Å². The number of hydrogen-bond donors (Lipinski definition) is 1. The zero-order chi connectivity index (χ0) is 8.43. The molecule has 1 rings (SSSR count). The molecule has 0 aromatic heterocycles.